The number of benzene rings is 1. The molecule has 5 nitrogen and oxygen atoms in total. The Labute approximate surface area is 113 Å². The molecule has 18 heavy (non-hydrogen) atoms. The van der Waals surface area contributed by atoms with Crippen LogP contribution in [0.1, 0.15) is 25.3 Å². The number of halogens is 1. The number of carboxylic acid groups (broad SMARTS) is 1. The molecule has 0 spiro atoms. The number of aliphatic carboxylic acids is 1. The second-order valence-electron chi connectivity index (χ2n) is 3.85. The molecule has 0 saturated heterocycles. The van der Waals surface area contributed by atoms with Crippen molar-refractivity contribution < 1.29 is 19.8 Å². The lowest BCUT2D eigenvalue weighted by Crippen LogP contribution is -2.09. The van der Waals surface area contributed by atoms with Crippen LogP contribution in [0.5, 0.6) is 5.75 Å². The fourth-order valence-corrected chi connectivity index (χ4v) is 2.12. The Balaban J connectivity index is 2.95. The van der Waals surface area contributed by atoms with Gasteiger partial charge in [0.2, 0.25) is 5.91 Å². The average molecular weight is 316 g/mol. The molecule has 0 fully saturated rings. The summed E-state index contributed by atoms with van der Waals surface area (Å²) >= 11 is 3.33. The minimum atomic E-state index is -0.868. The third-order valence-corrected chi connectivity index (χ3v) is 3.10. The van der Waals surface area contributed by atoms with Crippen molar-refractivity contribution in [1.82, 2.24) is 0 Å². The van der Waals surface area contributed by atoms with Gasteiger partial charge in [0.1, 0.15) is 5.75 Å². The average Bonchev–Trinajstić information content (AvgIpc) is 2.26. The Bertz CT molecular complexity index is 473. The fraction of sp³-hybridized carbons (Fsp3) is 0.333. The molecule has 0 bridgehead atoms. The molecule has 0 heterocycles. The van der Waals surface area contributed by atoms with Crippen LogP contribution in [0.3, 0.4) is 0 Å². The zero-order valence-corrected chi connectivity index (χ0v) is 11.5. The summed E-state index contributed by atoms with van der Waals surface area (Å²) in [5.74, 6) is -1.19. The predicted octanol–water partition coefficient (Wildman–Crippen LogP) is 2.52. The quantitative estimate of drug-likeness (QED) is 0.729. The second kappa shape index (κ2) is 6.39. The van der Waals surface area contributed by atoms with Crippen LogP contribution in [0.25, 0.3) is 0 Å². The van der Waals surface area contributed by atoms with Gasteiger partial charge in [0, 0.05) is 17.8 Å². The van der Waals surface area contributed by atoms with Crippen LogP contribution < -0.4 is 5.32 Å². The molecule has 0 aromatic heterocycles. The summed E-state index contributed by atoms with van der Waals surface area (Å²) in [5, 5.41) is 20.9. The maximum atomic E-state index is 11.1. The zero-order valence-electron chi connectivity index (χ0n) is 9.86. The van der Waals surface area contributed by atoms with Crippen LogP contribution in [0.15, 0.2) is 16.6 Å². The summed E-state index contributed by atoms with van der Waals surface area (Å²) in [4.78, 5) is 21.6. The summed E-state index contributed by atoms with van der Waals surface area (Å²) in [6, 6.07) is 3.13. The highest BCUT2D eigenvalue weighted by molar-refractivity contribution is 9.10. The molecule has 98 valence electrons. The number of anilines is 1. The number of rotatable bonds is 5. The van der Waals surface area contributed by atoms with E-state index in [0.29, 0.717) is 24.1 Å². The molecular weight excluding hydrogens is 302 g/mol. The van der Waals surface area contributed by atoms with Gasteiger partial charge < -0.3 is 15.5 Å². The highest BCUT2D eigenvalue weighted by Crippen LogP contribution is 2.34. The van der Waals surface area contributed by atoms with Crippen LogP contribution in [0, 0.1) is 0 Å². The molecule has 6 heteroatoms. The Morgan fingerprint density at radius 2 is 2.06 bits per heavy atom. The smallest absolute Gasteiger partial charge is 0.303 e. The van der Waals surface area contributed by atoms with E-state index >= 15 is 0 Å². The van der Waals surface area contributed by atoms with E-state index in [1.165, 1.54) is 13.0 Å². The molecule has 0 unspecified atom stereocenters. The molecule has 1 aromatic carbocycles. The number of aromatic hydroxyl groups is 1. The molecule has 1 aromatic rings. The minimum Gasteiger partial charge on any atom is -0.506 e. The van der Waals surface area contributed by atoms with E-state index in [1.807, 2.05) is 0 Å². The number of hydrogen-bond acceptors (Lipinski definition) is 3. The van der Waals surface area contributed by atoms with Crippen LogP contribution in [0.4, 0.5) is 5.69 Å². The van der Waals surface area contributed by atoms with Crippen molar-refractivity contribution in [3.05, 3.63) is 22.2 Å². The van der Waals surface area contributed by atoms with E-state index in [2.05, 4.69) is 21.2 Å². The summed E-state index contributed by atoms with van der Waals surface area (Å²) in [6.07, 6.45) is 0.933. The highest BCUT2D eigenvalue weighted by Gasteiger charge is 2.13. The molecule has 0 aliphatic heterocycles. The van der Waals surface area contributed by atoms with E-state index in [1.54, 1.807) is 6.07 Å². The zero-order chi connectivity index (χ0) is 13.7. The number of nitrogens with one attached hydrogen (secondary N) is 1. The van der Waals surface area contributed by atoms with Gasteiger partial charge in [0.15, 0.2) is 0 Å². The molecule has 0 atom stereocenters. The van der Waals surface area contributed by atoms with Gasteiger partial charge in [-0.3, -0.25) is 9.59 Å². The van der Waals surface area contributed by atoms with E-state index < -0.39 is 5.97 Å². The van der Waals surface area contributed by atoms with Gasteiger partial charge in [-0.2, -0.15) is 0 Å². The number of hydrogen-bond donors (Lipinski definition) is 3. The first-order valence-corrected chi connectivity index (χ1v) is 6.21. The van der Waals surface area contributed by atoms with Gasteiger partial charge in [0.05, 0.1) is 5.69 Å². The molecule has 0 saturated carbocycles. The van der Waals surface area contributed by atoms with Gasteiger partial charge in [0.25, 0.3) is 0 Å². The number of carbonyl (C=O) groups is 2. The summed E-state index contributed by atoms with van der Waals surface area (Å²) in [5.41, 5.74) is 1.04. The second-order valence-corrected chi connectivity index (χ2v) is 4.70. The fourth-order valence-electron chi connectivity index (χ4n) is 1.59. The first kappa shape index (κ1) is 14.5. The lowest BCUT2D eigenvalue weighted by Gasteiger charge is -2.13. The van der Waals surface area contributed by atoms with Gasteiger partial charge >= 0.3 is 5.97 Å². The number of phenolic OH excluding ortho intramolecular Hbond substituents is 1. The van der Waals surface area contributed by atoms with Gasteiger partial charge in [-0.25, -0.2) is 0 Å². The van der Waals surface area contributed by atoms with E-state index in [0.717, 1.165) is 4.47 Å². The van der Waals surface area contributed by atoms with Crippen molar-refractivity contribution >= 4 is 33.5 Å². The van der Waals surface area contributed by atoms with Crippen LogP contribution in [0.2, 0.25) is 0 Å². The van der Waals surface area contributed by atoms with E-state index in [4.69, 9.17) is 5.11 Å². The summed E-state index contributed by atoms with van der Waals surface area (Å²) in [7, 11) is 0. The van der Waals surface area contributed by atoms with Crippen molar-refractivity contribution in [3.8, 4) is 5.75 Å². The number of phenols is 1. The van der Waals surface area contributed by atoms with Gasteiger partial charge in [-0.1, -0.05) is 15.9 Å². The number of carbonyl (C=O) groups excluding carboxylic acids is 1. The molecule has 0 aliphatic rings. The van der Waals surface area contributed by atoms with Crippen molar-refractivity contribution in [1.29, 1.82) is 0 Å². The monoisotopic (exact) mass is 315 g/mol. The van der Waals surface area contributed by atoms with Crippen LogP contribution >= 0.6 is 15.9 Å². The minimum absolute atomic E-state index is 0.0290. The third-order valence-electron chi connectivity index (χ3n) is 2.35. The normalized spacial score (nSPS) is 10.1. The van der Waals surface area contributed by atoms with Gasteiger partial charge in [-0.05, 0) is 30.5 Å². The predicted molar refractivity (Wildman–Crippen MR) is 70.7 cm³/mol. The third kappa shape index (κ3) is 4.03. The number of amides is 1. The van der Waals surface area contributed by atoms with Crippen molar-refractivity contribution in [2.24, 2.45) is 0 Å². The van der Waals surface area contributed by atoms with Crippen molar-refractivity contribution in [2.45, 2.75) is 26.2 Å². The highest BCUT2D eigenvalue weighted by atomic mass is 79.9. The standard InChI is InChI=1S/C12H14BrNO4/c1-7(15)14-12-8(3-2-4-11(17)18)9(13)5-6-10(12)16/h5-6,16H,2-4H2,1H3,(H,14,15)(H,17,18). The summed E-state index contributed by atoms with van der Waals surface area (Å²) < 4.78 is 0.731. The molecule has 3 N–H and O–H groups in total. The van der Waals surface area contributed by atoms with Crippen molar-refractivity contribution in [3.63, 3.8) is 0 Å². The maximum Gasteiger partial charge on any atom is 0.303 e. The topological polar surface area (TPSA) is 86.6 Å². The lowest BCUT2D eigenvalue weighted by molar-refractivity contribution is -0.137. The van der Waals surface area contributed by atoms with E-state index in [-0.39, 0.29) is 18.1 Å². The maximum absolute atomic E-state index is 11.1. The molecule has 0 radical (unpaired) electrons. The lowest BCUT2D eigenvalue weighted by atomic mass is 10.1. The SMILES string of the molecule is CC(=O)Nc1c(O)ccc(Br)c1CCCC(=O)O. The molecule has 1 rings (SSSR count). The molecular formula is C12H14BrNO4. The molecule has 1 amide bonds. The van der Waals surface area contributed by atoms with E-state index in [9.17, 15) is 14.7 Å². The van der Waals surface area contributed by atoms with Crippen molar-refractivity contribution in [2.75, 3.05) is 5.32 Å². The largest absolute Gasteiger partial charge is 0.506 e. The first-order valence-electron chi connectivity index (χ1n) is 5.41. The Morgan fingerprint density at radius 3 is 2.61 bits per heavy atom. The van der Waals surface area contributed by atoms with Crippen LogP contribution in [-0.2, 0) is 16.0 Å². The first-order chi connectivity index (χ1) is 8.41. The van der Waals surface area contributed by atoms with Crippen LogP contribution in [-0.4, -0.2) is 22.1 Å². The summed E-state index contributed by atoms with van der Waals surface area (Å²) in [6.45, 7) is 1.35. The number of carboxylic acids is 1. The molecule has 0 aliphatic carbocycles. The Morgan fingerprint density at radius 1 is 1.39 bits per heavy atom. The van der Waals surface area contributed by atoms with Gasteiger partial charge in [-0.15, -0.1) is 0 Å². The Hall–Kier alpha value is -1.56. The Kier molecular flexibility index (Phi) is 5.15.